The number of hydrogen-bond donors (Lipinski definition) is 2. The molecule has 1 saturated carbocycles. The average molecular weight is 486 g/mol. The van der Waals surface area contributed by atoms with Gasteiger partial charge in [-0.15, -0.1) is 24.0 Å². The van der Waals surface area contributed by atoms with Crippen LogP contribution in [0.25, 0.3) is 0 Å². The fourth-order valence-electron chi connectivity index (χ4n) is 3.91. The summed E-state index contributed by atoms with van der Waals surface area (Å²) >= 11 is 0. The van der Waals surface area contributed by atoms with Crippen LogP contribution in [0.1, 0.15) is 43.7 Å². The second-order valence-electron chi connectivity index (χ2n) is 7.40. The van der Waals surface area contributed by atoms with Crippen molar-refractivity contribution >= 4 is 29.9 Å². The van der Waals surface area contributed by atoms with Crippen LogP contribution in [0.2, 0.25) is 0 Å². The van der Waals surface area contributed by atoms with Gasteiger partial charge >= 0.3 is 0 Å². The molecule has 1 aromatic carbocycles. The lowest BCUT2D eigenvalue weighted by Gasteiger charge is -2.23. The molecule has 1 aromatic rings. The first-order valence-corrected chi connectivity index (χ1v) is 10.2. The minimum atomic E-state index is 0. The van der Waals surface area contributed by atoms with Gasteiger partial charge in [-0.3, -0.25) is 4.99 Å². The molecule has 5 nitrogen and oxygen atoms in total. The molecule has 0 atom stereocenters. The van der Waals surface area contributed by atoms with Crippen molar-refractivity contribution in [3.05, 3.63) is 29.3 Å². The molecular formula is C21H35IN4O. The van der Waals surface area contributed by atoms with Crippen LogP contribution in [-0.2, 0) is 12.8 Å². The topological polar surface area (TPSA) is 48.9 Å². The van der Waals surface area contributed by atoms with E-state index in [-0.39, 0.29) is 24.0 Å². The van der Waals surface area contributed by atoms with Crippen LogP contribution in [0.4, 0.5) is 0 Å². The number of ether oxygens (including phenoxy) is 1. The molecule has 27 heavy (non-hydrogen) atoms. The third kappa shape index (κ3) is 6.82. The summed E-state index contributed by atoms with van der Waals surface area (Å²) in [6.07, 6.45) is 7.51. The van der Waals surface area contributed by atoms with Crippen LogP contribution in [0.5, 0.6) is 5.75 Å². The summed E-state index contributed by atoms with van der Waals surface area (Å²) in [6, 6.07) is 7.33. The number of guanidine groups is 1. The second-order valence-corrected chi connectivity index (χ2v) is 7.40. The summed E-state index contributed by atoms with van der Waals surface area (Å²) < 4.78 is 5.58. The van der Waals surface area contributed by atoms with Gasteiger partial charge in [0.1, 0.15) is 5.75 Å². The number of likely N-dealkylation sites (N-methyl/N-ethyl adjacent to an activating group) is 1. The largest absolute Gasteiger partial charge is 0.493 e. The van der Waals surface area contributed by atoms with Crippen LogP contribution in [0.3, 0.4) is 0 Å². The molecule has 0 bridgehead atoms. The maximum Gasteiger partial charge on any atom is 0.191 e. The summed E-state index contributed by atoms with van der Waals surface area (Å²) in [4.78, 5) is 7.23. The van der Waals surface area contributed by atoms with Gasteiger partial charge < -0.3 is 20.3 Å². The summed E-state index contributed by atoms with van der Waals surface area (Å²) in [5.74, 6) is 1.99. The van der Waals surface area contributed by atoms with E-state index in [2.05, 4.69) is 47.7 Å². The predicted octanol–water partition coefficient (Wildman–Crippen LogP) is 3.21. The van der Waals surface area contributed by atoms with Crippen LogP contribution >= 0.6 is 24.0 Å². The van der Waals surface area contributed by atoms with Crippen molar-refractivity contribution in [2.75, 3.05) is 39.8 Å². The van der Waals surface area contributed by atoms with Crippen LogP contribution < -0.4 is 15.4 Å². The monoisotopic (exact) mass is 486 g/mol. The van der Waals surface area contributed by atoms with E-state index in [1.807, 2.05) is 0 Å². The third-order valence-corrected chi connectivity index (χ3v) is 5.47. The van der Waals surface area contributed by atoms with E-state index in [1.54, 1.807) is 0 Å². The molecular weight excluding hydrogens is 451 g/mol. The maximum atomic E-state index is 5.58. The van der Waals surface area contributed by atoms with Crippen molar-refractivity contribution in [3.8, 4) is 5.75 Å². The highest BCUT2D eigenvalue weighted by Crippen LogP contribution is 2.25. The Labute approximate surface area is 181 Å². The lowest BCUT2D eigenvalue weighted by Crippen LogP contribution is -2.39. The van der Waals surface area contributed by atoms with Gasteiger partial charge in [0.15, 0.2) is 5.96 Å². The van der Waals surface area contributed by atoms with Crippen LogP contribution in [0, 0.1) is 0 Å². The Bertz CT molecular complexity index is 602. The zero-order valence-electron chi connectivity index (χ0n) is 16.8. The zero-order chi connectivity index (χ0) is 18.2. The first-order valence-electron chi connectivity index (χ1n) is 10.2. The number of rotatable bonds is 8. The van der Waals surface area contributed by atoms with Crippen molar-refractivity contribution in [2.24, 2.45) is 4.99 Å². The molecule has 2 aliphatic rings. The molecule has 1 heterocycles. The van der Waals surface area contributed by atoms with E-state index in [0.29, 0.717) is 0 Å². The van der Waals surface area contributed by atoms with E-state index in [4.69, 9.17) is 9.73 Å². The summed E-state index contributed by atoms with van der Waals surface area (Å²) in [7, 11) is 2.24. The maximum absolute atomic E-state index is 5.58. The van der Waals surface area contributed by atoms with E-state index >= 15 is 0 Å². The molecule has 0 spiro atoms. The van der Waals surface area contributed by atoms with E-state index in [1.165, 1.54) is 36.8 Å². The highest BCUT2D eigenvalue weighted by Gasteiger charge is 2.18. The van der Waals surface area contributed by atoms with Crippen molar-refractivity contribution < 1.29 is 4.74 Å². The Kier molecular flexibility index (Phi) is 9.68. The summed E-state index contributed by atoms with van der Waals surface area (Å²) in [5.41, 5.74) is 2.71. The van der Waals surface area contributed by atoms with Gasteiger partial charge in [-0.05, 0) is 50.4 Å². The quantitative estimate of drug-likeness (QED) is 0.337. The fourth-order valence-corrected chi connectivity index (χ4v) is 3.91. The number of hydrogen-bond acceptors (Lipinski definition) is 3. The van der Waals surface area contributed by atoms with E-state index in [0.717, 1.165) is 63.4 Å². The second kappa shape index (κ2) is 11.7. The fraction of sp³-hybridized carbons (Fsp3) is 0.667. The molecule has 6 heteroatoms. The smallest absolute Gasteiger partial charge is 0.191 e. The van der Waals surface area contributed by atoms with Crippen molar-refractivity contribution in [3.63, 3.8) is 0 Å². The van der Waals surface area contributed by atoms with Gasteiger partial charge in [0.25, 0.3) is 0 Å². The first-order chi connectivity index (χ1) is 12.8. The van der Waals surface area contributed by atoms with Crippen molar-refractivity contribution in [1.82, 2.24) is 15.5 Å². The molecule has 1 aliphatic carbocycles. The van der Waals surface area contributed by atoms with Crippen LogP contribution in [0.15, 0.2) is 23.2 Å². The minimum Gasteiger partial charge on any atom is -0.493 e. The van der Waals surface area contributed by atoms with E-state index < -0.39 is 0 Å². The standard InChI is InChI=1S/C21H34N4O.HI/c1-3-22-21(24-13-14-25(2)19-6-4-5-7-19)23-12-10-17-8-9-20-18(16-17)11-15-26-20;/h8-9,16,19H,3-7,10-15H2,1-2H3,(H2,22,23,24);1H. The molecule has 2 N–H and O–H groups in total. The Morgan fingerprint density at radius 3 is 2.85 bits per heavy atom. The SMILES string of the molecule is CCNC(=NCCN(C)C1CCCC1)NCCc1ccc2c(c1)CCO2.I. The normalized spacial score (nSPS) is 16.8. The van der Waals surface area contributed by atoms with Gasteiger partial charge in [0.05, 0.1) is 13.2 Å². The lowest BCUT2D eigenvalue weighted by atomic mass is 10.1. The third-order valence-electron chi connectivity index (χ3n) is 5.47. The Morgan fingerprint density at radius 2 is 2.07 bits per heavy atom. The molecule has 3 rings (SSSR count). The number of fused-ring (bicyclic) bond motifs is 1. The summed E-state index contributed by atoms with van der Waals surface area (Å²) in [5, 5.41) is 6.82. The Balaban J connectivity index is 0.00000261. The van der Waals surface area contributed by atoms with Gasteiger partial charge in [0, 0.05) is 32.1 Å². The molecule has 152 valence electrons. The van der Waals surface area contributed by atoms with Crippen LogP contribution in [-0.4, -0.2) is 56.7 Å². The molecule has 0 aromatic heterocycles. The molecule has 0 unspecified atom stereocenters. The van der Waals surface area contributed by atoms with Gasteiger partial charge in [-0.25, -0.2) is 0 Å². The number of nitrogens with one attached hydrogen (secondary N) is 2. The van der Waals surface area contributed by atoms with Gasteiger partial charge in [-0.2, -0.15) is 0 Å². The highest BCUT2D eigenvalue weighted by atomic mass is 127. The predicted molar refractivity (Wildman–Crippen MR) is 124 cm³/mol. The number of nitrogens with zero attached hydrogens (tertiary/aromatic N) is 2. The zero-order valence-corrected chi connectivity index (χ0v) is 19.1. The Hall–Kier alpha value is -1.02. The molecule has 0 radical (unpaired) electrons. The summed E-state index contributed by atoms with van der Waals surface area (Å²) in [6.45, 7) is 6.60. The Morgan fingerprint density at radius 1 is 1.26 bits per heavy atom. The molecule has 0 saturated heterocycles. The molecule has 1 aliphatic heterocycles. The highest BCUT2D eigenvalue weighted by molar-refractivity contribution is 14.0. The average Bonchev–Trinajstić information content (AvgIpc) is 3.33. The van der Waals surface area contributed by atoms with Crippen molar-refractivity contribution in [2.45, 2.75) is 51.5 Å². The first kappa shape index (κ1) is 22.3. The van der Waals surface area contributed by atoms with Gasteiger partial charge in [0.2, 0.25) is 0 Å². The number of aliphatic imine (C=N–C) groups is 1. The van der Waals surface area contributed by atoms with Crippen molar-refractivity contribution in [1.29, 1.82) is 0 Å². The lowest BCUT2D eigenvalue weighted by molar-refractivity contribution is 0.252. The minimum absolute atomic E-state index is 0. The van der Waals surface area contributed by atoms with Gasteiger partial charge in [-0.1, -0.05) is 25.0 Å². The molecule has 1 fully saturated rings. The molecule has 0 amide bonds. The number of halogens is 1. The van der Waals surface area contributed by atoms with E-state index in [9.17, 15) is 0 Å². The number of benzene rings is 1.